The molecule has 0 unspecified atom stereocenters. The van der Waals surface area contributed by atoms with Crippen molar-refractivity contribution in [2.75, 3.05) is 13.2 Å². The van der Waals surface area contributed by atoms with E-state index in [1.807, 2.05) is 41.5 Å². The van der Waals surface area contributed by atoms with E-state index in [0.717, 1.165) is 6.07 Å². The summed E-state index contributed by atoms with van der Waals surface area (Å²) in [7, 11) is -1.43. The molecule has 5 rings (SSSR count). The van der Waals surface area contributed by atoms with Crippen molar-refractivity contribution in [3.8, 4) is 11.5 Å². The molecular formula is C42H46BF6O2P. The number of ether oxygens (including phenoxy) is 2. The molecule has 0 radical (unpaired) electrons. The highest BCUT2D eigenvalue weighted by molar-refractivity contribution is 7.68. The molecule has 0 fully saturated rings. The first kappa shape index (κ1) is 40.5. The molecule has 0 aromatic heterocycles. The Labute approximate surface area is 304 Å². The largest absolute Gasteiger partial charge is 0.484 e. The van der Waals surface area contributed by atoms with Crippen LogP contribution in [0.25, 0.3) is 0 Å². The van der Waals surface area contributed by atoms with Gasteiger partial charge in [-0.15, -0.1) is 0 Å². The lowest BCUT2D eigenvalue weighted by molar-refractivity contribution is -0.153. The van der Waals surface area contributed by atoms with Crippen molar-refractivity contribution in [3.05, 3.63) is 140 Å². The molecule has 0 saturated carbocycles. The maximum Gasteiger partial charge on any atom is 0.422 e. The van der Waals surface area contributed by atoms with Gasteiger partial charge in [0.15, 0.2) is 13.2 Å². The SMILES string of the molecule is CC(C)(C)[PH+](c1cc(OCC(F)(F)F)cc(OCC(F)(F)F)c1)C(C)(C)C.c1ccc([B-](c2ccccc2)(c2ccccc2)c2ccccc2)cc1. The van der Waals surface area contributed by atoms with Crippen molar-refractivity contribution < 1.29 is 35.8 Å². The van der Waals surface area contributed by atoms with Gasteiger partial charge in [0.2, 0.25) is 0 Å². The molecule has 0 heterocycles. The number of benzene rings is 5. The number of alkyl halides is 6. The van der Waals surface area contributed by atoms with Gasteiger partial charge >= 0.3 is 12.4 Å². The Hall–Kier alpha value is -4.23. The van der Waals surface area contributed by atoms with E-state index in [1.165, 1.54) is 34.0 Å². The maximum atomic E-state index is 12.5. The van der Waals surface area contributed by atoms with E-state index in [9.17, 15) is 26.3 Å². The van der Waals surface area contributed by atoms with Gasteiger partial charge in [-0.3, -0.25) is 0 Å². The first-order chi connectivity index (χ1) is 24.3. The van der Waals surface area contributed by atoms with Crippen LogP contribution in [0.15, 0.2) is 140 Å². The van der Waals surface area contributed by atoms with Crippen molar-refractivity contribution >= 4 is 41.2 Å². The van der Waals surface area contributed by atoms with Crippen LogP contribution in [0.2, 0.25) is 0 Å². The lowest BCUT2D eigenvalue weighted by atomic mass is 9.13. The zero-order valence-corrected chi connectivity index (χ0v) is 31.4. The fraction of sp³-hybridized carbons (Fsp3) is 0.286. The van der Waals surface area contributed by atoms with E-state index in [1.54, 1.807) is 0 Å². The summed E-state index contributed by atoms with van der Waals surface area (Å²) in [6, 6.07) is 47.6. The molecule has 0 atom stereocenters. The van der Waals surface area contributed by atoms with Crippen molar-refractivity contribution in [3.63, 3.8) is 0 Å². The predicted molar refractivity (Wildman–Crippen MR) is 207 cm³/mol. The van der Waals surface area contributed by atoms with Gasteiger partial charge in [0.1, 0.15) is 17.6 Å². The molecule has 2 nitrogen and oxygen atoms in total. The highest BCUT2D eigenvalue weighted by Crippen LogP contribution is 2.58. The standard InChI is InChI=1S/C24H20B.C18H25F6O2P/c1-5-13-21(14-6-1)25(22-15-7-2-8-16-22,23-17-9-3-10-18-23)24-19-11-4-12-20-24;1-15(2,3)27(16(4,5)6)14-8-12(25-10-17(19,20)21)7-13(9-14)26-11-18(22,23)24/h1-20H;7-9H,10-11H2,1-6H3/q-1;/p+1. The maximum absolute atomic E-state index is 12.5. The van der Waals surface area contributed by atoms with Crippen LogP contribution in [0.1, 0.15) is 41.5 Å². The molecule has 0 aliphatic carbocycles. The van der Waals surface area contributed by atoms with Gasteiger partial charge in [0.05, 0.1) is 15.6 Å². The summed E-state index contributed by atoms with van der Waals surface area (Å²) in [6.45, 7) is 8.98. The first-order valence-electron chi connectivity index (χ1n) is 17.1. The smallest absolute Gasteiger partial charge is 0.422 e. The summed E-state index contributed by atoms with van der Waals surface area (Å²) in [5.41, 5.74) is 5.36. The summed E-state index contributed by atoms with van der Waals surface area (Å²) in [5, 5.41) is 0.261. The van der Waals surface area contributed by atoms with E-state index in [2.05, 4.69) is 121 Å². The molecule has 5 aromatic carbocycles. The Morgan fingerprint density at radius 2 is 0.712 bits per heavy atom. The second-order valence-electron chi connectivity index (χ2n) is 14.9. The van der Waals surface area contributed by atoms with Crippen LogP contribution in [0.5, 0.6) is 11.5 Å². The van der Waals surface area contributed by atoms with Gasteiger partial charge in [0, 0.05) is 26.1 Å². The molecule has 0 saturated heterocycles. The summed E-state index contributed by atoms with van der Waals surface area (Å²) >= 11 is 0. The zero-order valence-electron chi connectivity index (χ0n) is 30.4. The van der Waals surface area contributed by atoms with Crippen LogP contribution >= 0.6 is 7.92 Å². The van der Waals surface area contributed by atoms with Gasteiger partial charge in [-0.05, 0) is 41.5 Å². The lowest BCUT2D eigenvalue weighted by Crippen LogP contribution is -2.74. The summed E-state index contributed by atoms with van der Waals surface area (Å²) in [4.78, 5) is 0. The Bertz CT molecular complexity index is 1610. The Kier molecular flexibility index (Phi) is 13.0. The Morgan fingerprint density at radius 3 is 0.942 bits per heavy atom. The fourth-order valence-electron chi connectivity index (χ4n) is 7.33. The Balaban J connectivity index is 0.000000233. The van der Waals surface area contributed by atoms with Crippen LogP contribution < -0.4 is 36.6 Å². The normalized spacial score (nSPS) is 12.6. The topological polar surface area (TPSA) is 18.5 Å². The van der Waals surface area contributed by atoms with Gasteiger partial charge in [-0.25, -0.2) is 0 Å². The second kappa shape index (κ2) is 16.6. The molecule has 52 heavy (non-hydrogen) atoms. The summed E-state index contributed by atoms with van der Waals surface area (Å²) < 4.78 is 84.5. The van der Waals surface area contributed by atoms with Gasteiger partial charge in [-0.1, -0.05) is 121 Å². The number of rotatable bonds is 9. The average Bonchev–Trinajstić information content (AvgIpc) is 3.07. The molecule has 0 amide bonds. The van der Waals surface area contributed by atoms with E-state index in [0.29, 0.717) is 5.30 Å². The zero-order chi connectivity index (χ0) is 38.2. The number of halogens is 6. The van der Waals surface area contributed by atoms with Gasteiger partial charge in [-0.2, -0.15) is 48.2 Å². The molecule has 0 spiro atoms. The Morgan fingerprint density at radius 1 is 0.442 bits per heavy atom. The third kappa shape index (κ3) is 10.9. The van der Waals surface area contributed by atoms with Crippen molar-refractivity contribution in [2.24, 2.45) is 0 Å². The van der Waals surface area contributed by atoms with E-state index in [4.69, 9.17) is 9.47 Å². The van der Waals surface area contributed by atoms with Crippen LogP contribution in [-0.2, 0) is 0 Å². The second-order valence-corrected chi connectivity index (χ2v) is 19.2. The van der Waals surface area contributed by atoms with Crippen molar-refractivity contribution in [2.45, 2.75) is 64.2 Å². The molecule has 0 aliphatic rings. The highest BCUT2D eigenvalue weighted by atomic mass is 31.1. The van der Waals surface area contributed by atoms with Crippen LogP contribution in [-0.4, -0.2) is 42.0 Å². The minimum atomic E-state index is -4.55. The molecular weight excluding hydrogens is 692 g/mol. The summed E-state index contributed by atoms with van der Waals surface area (Å²) in [5.74, 6) is -0.309. The first-order valence-corrected chi connectivity index (χ1v) is 18.6. The van der Waals surface area contributed by atoms with Crippen LogP contribution in [0, 0.1) is 0 Å². The molecule has 0 bridgehead atoms. The molecule has 0 aliphatic heterocycles. The monoisotopic (exact) mass is 738 g/mol. The average molecular weight is 739 g/mol. The van der Waals surface area contributed by atoms with Crippen LogP contribution in [0.4, 0.5) is 26.3 Å². The van der Waals surface area contributed by atoms with E-state index in [-0.39, 0.29) is 21.8 Å². The molecule has 276 valence electrons. The quantitative estimate of drug-likeness (QED) is 0.0854. The molecule has 5 aromatic rings. The lowest BCUT2D eigenvalue weighted by Gasteiger charge is -2.44. The minimum absolute atomic E-state index is 0.155. The third-order valence-corrected chi connectivity index (χ3v) is 12.5. The van der Waals surface area contributed by atoms with Gasteiger partial charge < -0.3 is 9.47 Å². The summed E-state index contributed by atoms with van der Waals surface area (Å²) in [6.07, 6.45) is -10.3. The number of hydrogen-bond acceptors (Lipinski definition) is 2. The predicted octanol–water partition coefficient (Wildman–Crippen LogP) is 9.07. The van der Waals surface area contributed by atoms with E-state index >= 15 is 0 Å². The number of hydrogen-bond donors (Lipinski definition) is 0. The molecule has 10 heteroatoms. The van der Waals surface area contributed by atoms with Crippen LogP contribution in [0.3, 0.4) is 0 Å². The van der Waals surface area contributed by atoms with Crippen molar-refractivity contribution in [1.29, 1.82) is 0 Å². The third-order valence-electron chi connectivity index (χ3n) is 8.67. The van der Waals surface area contributed by atoms with Gasteiger partial charge in [0.25, 0.3) is 0 Å². The minimum Gasteiger partial charge on any atom is -0.484 e. The van der Waals surface area contributed by atoms with Crippen molar-refractivity contribution in [1.82, 2.24) is 0 Å². The fourth-order valence-corrected chi connectivity index (χ4v) is 11.9. The molecule has 0 N–H and O–H groups in total. The van der Waals surface area contributed by atoms with E-state index < -0.39 is 39.6 Å². The highest BCUT2D eigenvalue weighted by Gasteiger charge is 2.44.